The molecule has 0 aliphatic heterocycles. The summed E-state index contributed by atoms with van der Waals surface area (Å²) < 4.78 is 18.6. The average molecular weight is 447 g/mol. The lowest BCUT2D eigenvalue weighted by Gasteiger charge is -2.35. The summed E-state index contributed by atoms with van der Waals surface area (Å²) >= 11 is 0. The molecule has 0 amide bonds. The summed E-state index contributed by atoms with van der Waals surface area (Å²) in [6.45, 7) is 4.71. The van der Waals surface area contributed by atoms with E-state index in [1.165, 1.54) is 77.0 Å². The molecule has 0 saturated heterocycles. The van der Waals surface area contributed by atoms with Gasteiger partial charge < -0.3 is 13.9 Å². The maximum absolute atomic E-state index is 12.6. The number of rotatable bonds is 21. The summed E-state index contributed by atoms with van der Waals surface area (Å²) in [4.78, 5) is 10.4. The van der Waals surface area contributed by atoms with E-state index in [0.717, 1.165) is 19.3 Å². The van der Waals surface area contributed by atoms with Crippen LogP contribution in [-0.2, 0) is 9.09 Å². The van der Waals surface area contributed by atoms with Gasteiger partial charge in [-0.2, -0.15) is 0 Å². The van der Waals surface area contributed by atoms with E-state index in [-0.39, 0.29) is 5.78 Å². The van der Waals surface area contributed by atoms with Crippen molar-refractivity contribution in [3.05, 3.63) is 12.2 Å². The fourth-order valence-corrected chi connectivity index (χ4v) is 5.90. The third-order valence-corrected chi connectivity index (χ3v) is 8.01. The van der Waals surface area contributed by atoms with Crippen molar-refractivity contribution in [2.75, 3.05) is 27.7 Å². The van der Waals surface area contributed by atoms with Gasteiger partial charge in [-0.25, -0.2) is 0 Å². The minimum absolute atomic E-state index is 0.334. The van der Waals surface area contributed by atoms with Crippen LogP contribution in [0.5, 0.6) is 0 Å². The van der Waals surface area contributed by atoms with Crippen molar-refractivity contribution in [1.29, 1.82) is 0 Å². The van der Waals surface area contributed by atoms with E-state index in [1.54, 1.807) is 0 Å². The highest BCUT2D eigenvalue weighted by Gasteiger charge is 2.41. The molecule has 0 bridgehead atoms. The van der Waals surface area contributed by atoms with Crippen LogP contribution < -0.4 is 0 Å². The smallest absolute Gasteiger partial charge is 0.320 e. The van der Waals surface area contributed by atoms with Gasteiger partial charge in [0, 0.05) is 6.42 Å². The summed E-state index contributed by atoms with van der Waals surface area (Å²) in [5.74, 6) is -0.334. The summed E-state index contributed by atoms with van der Waals surface area (Å²) in [6, 6.07) is 0. The van der Waals surface area contributed by atoms with E-state index in [4.69, 9.17) is 4.52 Å². The first-order valence-electron chi connectivity index (χ1n) is 12.7. The predicted octanol–water partition coefficient (Wildman–Crippen LogP) is 8.06. The fraction of sp³-hybridized carbons (Fsp3) is 0.920. The molecule has 0 aromatic rings. The minimum atomic E-state index is -3.56. The van der Waals surface area contributed by atoms with Crippen LogP contribution in [0.2, 0.25) is 0 Å². The highest BCUT2D eigenvalue weighted by atomic mass is 31.2. The van der Waals surface area contributed by atoms with Gasteiger partial charge in [0.25, 0.3) is 0 Å². The van der Waals surface area contributed by atoms with Crippen LogP contribution in [0.4, 0.5) is 0 Å². The average Bonchev–Trinajstić information content (AvgIpc) is 2.67. The van der Waals surface area contributed by atoms with Gasteiger partial charge in [0.1, 0.15) is 0 Å². The number of unbranched alkanes of at least 4 members (excludes halogenated alkanes) is 12. The quantitative estimate of drug-likeness (QED) is 0.0839. The third kappa shape index (κ3) is 16.5. The van der Waals surface area contributed by atoms with Gasteiger partial charge >= 0.3 is 7.60 Å². The highest BCUT2D eigenvalue weighted by molar-refractivity contribution is 7.53. The van der Waals surface area contributed by atoms with Gasteiger partial charge in [-0.15, -0.1) is 0 Å². The van der Waals surface area contributed by atoms with E-state index < -0.39 is 7.60 Å². The van der Waals surface area contributed by atoms with Gasteiger partial charge in [0.05, 0.1) is 27.7 Å². The molecule has 0 aliphatic rings. The Hall–Kier alpha value is -0.150. The molecule has 0 radical (unpaired) electrons. The van der Waals surface area contributed by atoms with Gasteiger partial charge in [-0.1, -0.05) is 83.8 Å². The summed E-state index contributed by atoms with van der Waals surface area (Å²) in [7, 11) is 2.35. The van der Waals surface area contributed by atoms with E-state index in [2.05, 4.69) is 26.0 Å². The first-order valence-corrected chi connectivity index (χ1v) is 14.3. The number of nitrogens with zero attached hydrogens (tertiary/aromatic N) is 1. The number of hydrogen-bond acceptors (Lipinski definition) is 2. The molecular formula is C25H53NO3P+. The Labute approximate surface area is 188 Å². The van der Waals surface area contributed by atoms with E-state index in [1.807, 2.05) is 21.1 Å². The number of hydrogen-bond donors (Lipinski definition) is 1. The van der Waals surface area contributed by atoms with Crippen LogP contribution in [-0.4, -0.2) is 42.9 Å². The van der Waals surface area contributed by atoms with Crippen LogP contribution in [0, 0.1) is 0 Å². The largest absolute Gasteiger partial charge is 0.385 e. The Bertz CT molecular complexity index is 460. The van der Waals surface area contributed by atoms with Crippen LogP contribution in [0.15, 0.2) is 12.2 Å². The van der Waals surface area contributed by atoms with Crippen molar-refractivity contribution in [2.24, 2.45) is 0 Å². The third-order valence-electron chi connectivity index (χ3n) is 5.75. The summed E-state index contributed by atoms with van der Waals surface area (Å²) in [5, 5.41) is 0. The van der Waals surface area contributed by atoms with Crippen molar-refractivity contribution < 1.29 is 18.5 Å². The van der Waals surface area contributed by atoms with Gasteiger partial charge in [-0.3, -0.25) is 4.57 Å². The Morgan fingerprint density at radius 3 is 1.70 bits per heavy atom. The lowest BCUT2D eigenvalue weighted by atomic mass is 10.1. The van der Waals surface area contributed by atoms with Gasteiger partial charge in [0.15, 0.2) is 5.78 Å². The number of quaternary nitrogens is 1. The molecule has 0 rings (SSSR count). The topological polar surface area (TPSA) is 46.5 Å². The molecule has 5 heteroatoms. The Balaban J connectivity index is 3.58. The molecule has 2 atom stereocenters. The molecule has 1 N–H and O–H groups in total. The van der Waals surface area contributed by atoms with Crippen molar-refractivity contribution in [1.82, 2.24) is 0 Å². The van der Waals surface area contributed by atoms with Crippen molar-refractivity contribution in [3.8, 4) is 0 Å². The maximum Gasteiger partial charge on any atom is 0.385 e. The molecule has 0 aromatic carbocycles. The highest BCUT2D eigenvalue weighted by Crippen LogP contribution is 2.51. The number of allylic oxidation sites excluding steroid dienone is 2. The summed E-state index contributed by atoms with van der Waals surface area (Å²) in [5.41, 5.74) is 0. The molecule has 30 heavy (non-hydrogen) atoms. The van der Waals surface area contributed by atoms with E-state index in [0.29, 0.717) is 17.5 Å². The molecule has 180 valence electrons. The van der Waals surface area contributed by atoms with Crippen molar-refractivity contribution >= 4 is 7.60 Å². The van der Waals surface area contributed by atoms with Crippen molar-refractivity contribution in [2.45, 2.75) is 122 Å². The Morgan fingerprint density at radius 2 is 1.23 bits per heavy atom. The molecule has 0 spiro atoms. The molecule has 0 fully saturated rings. The standard InChI is InChI=1S/C25H52NO3P/c1-6-8-9-10-11-12-13-14-15-16-17-18-19-20-21-22-24-29-30(27,28)25(23-7-2)26(3,4)5/h11-12,25H,6-10,13-24H2,1-5H3/p+1. The van der Waals surface area contributed by atoms with Gasteiger partial charge in [0.2, 0.25) is 0 Å². The first kappa shape index (κ1) is 29.9. The Kier molecular flexibility index (Phi) is 18.3. The zero-order chi connectivity index (χ0) is 22.7. The summed E-state index contributed by atoms with van der Waals surface area (Å²) in [6.07, 6.45) is 24.0. The molecule has 0 saturated carbocycles. The molecule has 0 aliphatic carbocycles. The zero-order valence-corrected chi connectivity index (χ0v) is 21.8. The van der Waals surface area contributed by atoms with Crippen LogP contribution in [0.25, 0.3) is 0 Å². The SMILES string of the molecule is CCCCCC=CCCCCCCCCCCCOP(=O)(O)C(CCC)[N+](C)(C)C. The molecule has 0 heterocycles. The van der Waals surface area contributed by atoms with Gasteiger partial charge in [-0.05, 0) is 38.5 Å². The molecule has 4 nitrogen and oxygen atoms in total. The zero-order valence-electron chi connectivity index (χ0n) is 20.9. The monoisotopic (exact) mass is 446 g/mol. The van der Waals surface area contributed by atoms with Crippen molar-refractivity contribution in [3.63, 3.8) is 0 Å². The molecule has 0 aromatic heterocycles. The lowest BCUT2D eigenvalue weighted by molar-refractivity contribution is -0.883. The minimum Gasteiger partial charge on any atom is -0.320 e. The predicted molar refractivity (Wildman–Crippen MR) is 132 cm³/mol. The molecule has 2 unspecified atom stereocenters. The van der Waals surface area contributed by atoms with Crippen LogP contribution in [0.3, 0.4) is 0 Å². The normalized spacial score (nSPS) is 15.5. The lowest BCUT2D eigenvalue weighted by Crippen LogP contribution is -2.45. The van der Waals surface area contributed by atoms with Crippen LogP contribution in [0.1, 0.15) is 117 Å². The second-order valence-electron chi connectivity index (χ2n) is 9.72. The second-order valence-corrected chi connectivity index (χ2v) is 11.7. The first-order chi connectivity index (χ1) is 14.3. The van der Waals surface area contributed by atoms with E-state index >= 15 is 0 Å². The molecular weight excluding hydrogens is 393 g/mol. The fourth-order valence-electron chi connectivity index (χ4n) is 3.88. The second kappa shape index (κ2) is 18.4. The van der Waals surface area contributed by atoms with Crippen LogP contribution >= 0.6 is 7.60 Å². The maximum atomic E-state index is 12.6. The Morgan fingerprint density at radius 1 is 0.767 bits per heavy atom. The van der Waals surface area contributed by atoms with E-state index in [9.17, 15) is 9.46 Å².